The van der Waals surface area contributed by atoms with E-state index in [0.717, 1.165) is 37.9 Å². The summed E-state index contributed by atoms with van der Waals surface area (Å²) in [5, 5.41) is 18.2. The molecule has 0 aromatic heterocycles. The minimum Gasteiger partial charge on any atom is -0.487 e. The molecule has 0 spiro atoms. The number of carbonyl (C=O) groups excluding carboxylic acids is 2. The molecule has 7 heteroatoms. The lowest BCUT2D eigenvalue weighted by molar-refractivity contribution is 0.0950. The zero-order chi connectivity index (χ0) is 18.5. The number of hydrogen-bond acceptors (Lipinski definition) is 5. The molecule has 2 heterocycles. The molecule has 1 aromatic rings. The molecule has 3 rings (SSSR count). The van der Waals surface area contributed by atoms with Crippen molar-refractivity contribution in [3.05, 3.63) is 28.8 Å². The molecule has 0 radical (unpaired) electrons. The van der Waals surface area contributed by atoms with E-state index in [9.17, 15) is 14.7 Å². The fourth-order valence-corrected chi connectivity index (χ4v) is 3.63. The van der Waals surface area contributed by atoms with Crippen molar-refractivity contribution < 1.29 is 19.4 Å². The number of nitrogens with one attached hydrogen (secondary N) is 3. The molecule has 1 saturated heterocycles. The maximum Gasteiger partial charge on any atom is 0.254 e. The predicted octanol–water partition coefficient (Wildman–Crippen LogP) is 0.461. The number of carbonyl (C=O) groups is 2. The maximum absolute atomic E-state index is 12.6. The van der Waals surface area contributed by atoms with Crippen LogP contribution in [-0.2, 0) is 6.42 Å². The Morgan fingerprint density at radius 1 is 1.27 bits per heavy atom. The molecule has 1 aromatic carbocycles. The van der Waals surface area contributed by atoms with Gasteiger partial charge in [0.15, 0.2) is 0 Å². The van der Waals surface area contributed by atoms with E-state index in [1.807, 2.05) is 0 Å². The van der Waals surface area contributed by atoms with Crippen LogP contribution in [0.3, 0.4) is 0 Å². The highest BCUT2D eigenvalue weighted by Gasteiger charge is 2.29. The largest absolute Gasteiger partial charge is 0.487 e. The number of rotatable bonds is 6. The fraction of sp³-hybridized carbons (Fsp3) is 0.579. The molecular weight excluding hydrogens is 334 g/mol. The minimum absolute atomic E-state index is 0.125. The van der Waals surface area contributed by atoms with Crippen LogP contribution in [0.5, 0.6) is 5.75 Å². The monoisotopic (exact) mass is 361 g/mol. The quantitative estimate of drug-likeness (QED) is 0.590. The highest BCUT2D eigenvalue weighted by Crippen LogP contribution is 2.34. The molecule has 0 aliphatic carbocycles. The van der Waals surface area contributed by atoms with E-state index in [0.29, 0.717) is 35.8 Å². The van der Waals surface area contributed by atoms with Gasteiger partial charge in [0.2, 0.25) is 0 Å². The van der Waals surface area contributed by atoms with E-state index >= 15 is 0 Å². The smallest absolute Gasteiger partial charge is 0.254 e. The van der Waals surface area contributed by atoms with Gasteiger partial charge in [-0.1, -0.05) is 0 Å². The lowest BCUT2D eigenvalue weighted by atomic mass is 9.94. The number of benzene rings is 1. The van der Waals surface area contributed by atoms with Crippen LogP contribution in [0.15, 0.2) is 12.1 Å². The number of aliphatic hydroxyl groups is 1. The van der Waals surface area contributed by atoms with Gasteiger partial charge in [0.1, 0.15) is 11.9 Å². The maximum atomic E-state index is 12.6. The highest BCUT2D eigenvalue weighted by molar-refractivity contribution is 6.02. The second-order valence-electron chi connectivity index (χ2n) is 6.96. The van der Waals surface area contributed by atoms with Gasteiger partial charge in [-0.3, -0.25) is 9.59 Å². The summed E-state index contributed by atoms with van der Waals surface area (Å²) >= 11 is 0. The molecule has 142 valence electrons. The lowest BCUT2D eigenvalue weighted by Gasteiger charge is -2.22. The third-order valence-corrected chi connectivity index (χ3v) is 5.13. The van der Waals surface area contributed by atoms with Gasteiger partial charge in [-0.2, -0.15) is 0 Å². The van der Waals surface area contributed by atoms with E-state index in [2.05, 4.69) is 16.0 Å². The number of ether oxygens (including phenoxy) is 1. The van der Waals surface area contributed by atoms with E-state index < -0.39 is 0 Å². The Balaban J connectivity index is 1.69. The average molecular weight is 361 g/mol. The number of piperidine rings is 1. The summed E-state index contributed by atoms with van der Waals surface area (Å²) in [4.78, 5) is 24.7. The van der Waals surface area contributed by atoms with Gasteiger partial charge in [-0.05, 0) is 56.0 Å². The SMILES string of the molecule is CNC(=O)c1cc(C(=O)NCCC2CCNCC2)cc2c1OC(CO)C2. The first-order valence-electron chi connectivity index (χ1n) is 9.27. The summed E-state index contributed by atoms with van der Waals surface area (Å²) in [6.07, 6.45) is 3.39. The molecule has 1 atom stereocenters. The van der Waals surface area contributed by atoms with E-state index in [1.54, 1.807) is 19.2 Å². The Bertz CT molecular complexity index is 671. The molecule has 2 aliphatic heterocycles. The van der Waals surface area contributed by atoms with Gasteiger partial charge < -0.3 is 25.8 Å². The first-order chi connectivity index (χ1) is 12.6. The molecule has 2 amide bonds. The number of aliphatic hydroxyl groups excluding tert-OH is 1. The number of hydrogen-bond donors (Lipinski definition) is 4. The van der Waals surface area contributed by atoms with Crippen LogP contribution in [0.4, 0.5) is 0 Å². The first-order valence-corrected chi connectivity index (χ1v) is 9.27. The molecule has 1 unspecified atom stereocenters. The van der Waals surface area contributed by atoms with Gasteiger partial charge >= 0.3 is 0 Å². The second-order valence-corrected chi connectivity index (χ2v) is 6.96. The van der Waals surface area contributed by atoms with Crippen molar-refractivity contribution in [2.75, 3.05) is 33.3 Å². The van der Waals surface area contributed by atoms with Gasteiger partial charge in [0.05, 0.1) is 12.2 Å². The Morgan fingerprint density at radius 2 is 2.04 bits per heavy atom. The first kappa shape index (κ1) is 18.7. The molecule has 0 saturated carbocycles. The van der Waals surface area contributed by atoms with Crippen molar-refractivity contribution in [3.63, 3.8) is 0 Å². The van der Waals surface area contributed by atoms with Crippen molar-refractivity contribution >= 4 is 11.8 Å². The average Bonchev–Trinajstić information content (AvgIpc) is 3.10. The summed E-state index contributed by atoms with van der Waals surface area (Å²) in [6.45, 7) is 2.60. The van der Waals surface area contributed by atoms with Crippen LogP contribution >= 0.6 is 0 Å². The molecule has 0 bridgehead atoms. The Labute approximate surface area is 153 Å². The standard InChI is InChI=1S/C19H27N3O4/c1-20-19(25)16-10-14(8-13-9-15(11-23)26-17(13)16)18(24)22-7-4-12-2-5-21-6-3-12/h8,10,12,15,21,23H,2-7,9,11H2,1H3,(H,20,25)(H,22,24). The van der Waals surface area contributed by atoms with E-state index in [-0.39, 0.29) is 24.5 Å². The van der Waals surface area contributed by atoms with Crippen LogP contribution in [0.2, 0.25) is 0 Å². The van der Waals surface area contributed by atoms with Crippen molar-refractivity contribution in [1.82, 2.24) is 16.0 Å². The highest BCUT2D eigenvalue weighted by atomic mass is 16.5. The fourth-order valence-electron chi connectivity index (χ4n) is 3.63. The Kier molecular flexibility index (Phi) is 6.11. The number of fused-ring (bicyclic) bond motifs is 1. The third kappa shape index (κ3) is 4.16. The zero-order valence-electron chi connectivity index (χ0n) is 15.1. The van der Waals surface area contributed by atoms with Crippen LogP contribution in [0.25, 0.3) is 0 Å². The van der Waals surface area contributed by atoms with Crippen molar-refractivity contribution in [3.8, 4) is 5.75 Å². The summed E-state index contributed by atoms with van der Waals surface area (Å²) in [6, 6.07) is 3.33. The van der Waals surface area contributed by atoms with Gasteiger partial charge in [0, 0.05) is 25.6 Å². The third-order valence-electron chi connectivity index (χ3n) is 5.13. The van der Waals surface area contributed by atoms with Crippen LogP contribution < -0.4 is 20.7 Å². The topological polar surface area (TPSA) is 99.7 Å². The summed E-state index contributed by atoms with van der Waals surface area (Å²) in [5.74, 6) is 0.634. The normalized spacial score (nSPS) is 19.5. The summed E-state index contributed by atoms with van der Waals surface area (Å²) in [7, 11) is 1.54. The number of amides is 2. The van der Waals surface area contributed by atoms with Crippen LogP contribution in [0, 0.1) is 5.92 Å². The Morgan fingerprint density at radius 3 is 2.73 bits per heavy atom. The van der Waals surface area contributed by atoms with Crippen LogP contribution in [-0.4, -0.2) is 56.3 Å². The predicted molar refractivity (Wildman–Crippen MR) is 97.6 cm³/mol. The molecule has 26 heavy (non-hydrogen) atoms. The van der Waals surface area contributed by atoms with E-state index in [1.165, 1.54) is 0 Å². The molecule has 2 aliphatic rings. The second kappa shape index (κ2) is 8.51. The molecule has 4 N–H and O–H groups in total. The van der Waals surface area contributed by atoms with Gasteiger partial charge in [-0.25, -0.2) is 0 Å². The zero-order valence-corrected chi connectivity index (χ0v) is 15.1. The summed E-state index contributed by atoms with van der Waals surface area (Å²) < 4.78 is 5.66. The minimum atomic E-state index is -0.369. The lowest BCUT2D eigenvalue weighted by Crippen LogP contribution is -2.31. The van der Waals surface area contributed by atoms with Crippen molar-refractivity contribution in [2.45, 2.75) is 31.8 Å². The van der Waals surface area contributed by atoms with Crippen molar-refractivity contribution in [2.24, 2.45) is 5.92 Å². The van der Waals surface area contributed by atoms with Gasteiger partial charge in [0.25, 0.3) is 11.8 Å². The van der Waals surface area contributed by atoms with Crippen molar-refractivity contribution in [1.29, 1.82) is 0 Å². The molecule has 1 fully saturated rings. The summed E-state index contributed by atoms with van der Waals surface area (Å²) in [5.41, 5.74) is 1.58. The molecule has 7 nitrogen and oxygen atoms in total. The Hall–Kier alpha value is -2.12. The van der Waals surface area contributed by atoms with Gasteiger partial charge in [-0.15, -0.1) is 0 Å². The van der Waals surface area contributed by atoms with E-state index in [4.69, 9.17) is 4.74 Å². The molecular formula is C19H27N3O4. The van der Waals surface area contributed by atoms with Crippen LogP contribution in [0.1, 0.15) is 45.5 Å².